The van der Waals surface area contributed by atoms with Gasteiger partial charge in [0.1, 0.15) is 18.1 Å². The quantitative estimate of drug-likeness (QED) is 0.457. The number of phenols is 1. The maximum absolute atomic E-state index is 10.5. The molecule has 0 saturated carbocycles. The summed E-state index contributed by atoms with van der Waals surface area (Å²) < 4.78 is 5.88. The lowest BCUT2D eigenvalue weighted by atomic mass is 9.88. The normalized spacial score (nSPS) is 12.0. The van der Waals surface area contributed by atoms with Gasteiger partial charge in [-0.25, -0.2) is 0 Å². The van der Waals surface area contributed by atoms with E-state index in [9.17, 15) is 5.11 Å². The van der Waals surface area contributed by atoms with Crippen molar-refractivity contribution in [1.29, 1.82) is 0 Å². The Bertz CT molecular complexity index is 1040. The second kappa shape index (κ2) is 7.55. The fourth-order valence-corrected chi connectivity index (χ4v) is 3.50. The zero-order valence-electron chi connectivity index (χ0n) is 15.3. The molecule has 0 aliphatic carbocycles. The number of benzene rings is 4. The molecule has 0 amide bonds. The van der Waals surface area contributed by atoms with Crippen LogP contribution in [-0.4, -0.2) is 5.11 Å². The predicted molar refractivity (Wildman–Crippen MR) is 110 cm³/mol. The summed E-state index contributed by atoms with van der Waals surface area (Å²) in [7, 11) is 0. The van der Waals surface area contributed by atoms with Crippen LogP contribution in [0.5, 0.6) is 11.5 Å². The molecule has 0 heterocycles. The molecule has 4 aromatic carbocycles. The van der Waals surface area contributed by atoms with Crippen LogP contribution in [-0.2, 0) is 6.61 Å². The molecule has 2 heteroatoms. The fourth-order valence-electron chi connectivity index (χ4n) is 3.50. The van der Waals surface area contributed by atoms with Crippen molar-refractivity contribution in [1.82, 2.24) is 0 Å². The first-order chi connectivity index (χ1) is 13.2. The third-order valence-electron chi connectivity index (χ3n) is 5.01. The van der Waals surface area contributed by atoms with Crippen molar-refractivity contribution in [2.24, 2.45) is 0 Å². The summed E-state index contributed by atoms with van der Waals surface area (Å²) >= 11 is 0. The summed E-state index contributed by atoms with van der Waals surface area (Å²) in [4.78, 5) is 0. The van der Waals surface area contributed by atoms with Gasteiger partial charge in [-0.3, -0.25) is 0 Å². The lowest BCUT2D eigenvalue weighted by Gasteiger charge is -2.17. The molecule has 0 spiro atoms. The molecule has 0 bridgehead atoms. The molecule has 134 valence electrons. The van der Waals surface area contributed by atoms with Gasteiger partial charge in [0.2, 0.25) is 0 Å². The summed E-state index contributed by atoms with van der Waals surface area (Å²) in [6, 6.07) is 30.2. The number of hydrogen-bond acceptors (Lipinski definition) is 2. The number of rotatable bonds is 5. The third-order valence-corrected chi connectivity index (χ3v) is 5.01. The van der Waals surface area contributed by atoms with Gasteiger partial charge in [0.05, 0.1) is 0 Å². The molecule has 0 aliphatic rings. The molecule has 0 radical (unpaired) electrons. The number of ether oxygens (including phenoxy) is 1. The van der Waals surface area contributed by atoms with E-state index in [-0.39, 0.29) is 5.92 Å². The van der Waals surface area contributed by atoms with Gasteiger partial charge < -0.3 is 9.84 Å². The lowest BCUT2D eigenvalue weighted by molar-refractivity contribution is 0.306. The van der Waals surface area contributed by atoms with Crippen molar-refractivity contribution in [2.45, 2.75) is 19.4 Å². The van der Waals surface area contributed by atoms with Crippen LogP contribution < -0.4 is 4.74 Å². The molecular weight excluding hydrogens is 332 g/mol. The molecular formula is C25H22O2. The van der Waals surface area contributed by atoms with Gasteiger partial charge >= 0.3 is 0 Å². The van der Waals surface area contributed by atoms with Crippen LogP contribution in [0.15, 0.2) is 91.0 Å². The minimum atomic E-state index is 0.0827. The molecule has 0 aliphatic heterocycles. The number of phenolic OH excluding ortho intramolecular Hbond substituents is 1. The molecule has 1 atom stereocenters. The van der Waals surface area contributed by atoms with Gasteiger partial charge in [0.15, 0.2) is 0 Å². The van der Waals surface area contributed by atoms with E-state index in [1.165, 1.54) is 0 Å². The maximum atomic E-state index is 10.5. The Labute approximate surface area is 159 Å². The van der Waals surface area contributed by atoms with E-state index in [1.807, 2.05) is 48.5 Å². The zero-order valence-corrected chi connectivity index (χ0v) is 15.3. The molecule has 27 heavy (non-hydrogen) atoms. The summed E-state index contributed by atoms with van der Waals surface area (Å²) in [5.41, 5.74) is 3.26. The van der Waals surface area contributed by atoms with E-state index < -0.39 is 0 Å². The van der Waals surface area contributed by atoms with Crippen LogP contribution >= 0.6 is 0 Å². The largest absolute Gasteiger partial charge is 0.508 e. The average molecular weight is 354 g/mol. The van der Waals surface area contributed by atoms with E-state index in [4.69, 9.17) is 4.74 Å². The van der Waals surface area contributed by atoms with Gasteiger partial charge in [-0.05, 0) is 40.1 Å². The first-order valence-corrected chi connectivity index (χ1v) is 9.19. The minimum Gasteiger partial charge on any atom is -0.508 e. The molecule has 2 nitrogen and oxygen atoms in total. The van der Waals surface area contributed by atoms with E-state index in [2.05, 4.69) is 43.3 Å². The van der Waals surface area contributed by atoms with Gasteiger partial charge in [0, 0.05) is 11.5 Å². The van der Waals surface area contributed by atoms with Crippen LogP contribution in [0.2, 0.25) is 0 Å². The molecule has 4 aromatic rings. The van der Waals surface area contributed by atoms with Crippen molar-refractivity contribution in [3.8, 4) is 11.5 Å². The second-order valence-electron chi connectivity index (χ2n) is 6.78. The predicted octanol–water partition coefficient (Wildman–Crippen LogP) is 6.28. The highest BCUT2D eigenvalue weighted by Crippen LogP contribution is 2.37. The Hall–Kier alpha value is -3.26. The molecule has 1 N–H and O–H groups in total. The van der Waals surface area contributed by atoms with E-state index in [0.29, 0.717) is 12.4 Å². The maximum Gasteiger partial charge on any atom is 0.120 e. The van der Waals surface area contributed by atoms with Crippen molar-refractivity contribution in [2.75, 3.05) is 0 Å². The number of fused-ring (bicyclic) bond motifs is 1. The first kappa shape index (κ1) is 17.2. The van der Waals surface area contributed by atoms with E-state index >= 15 is 0 Å². The van der Waals surface area contributed by atoms with Gasteiger partial charge in [-0.15, -0.1) is 0 Å². The minimum absolute atomic E-state index is 0.0827. The highest BCUT2D eigenvalue weighted by molar-refractivity contribution is 5.88. The van der Waals surface area contributed by atoms with Gasteiger partial charge in [0.25, 0.3) is 0 Å². The number of aromatic hydroxyl groups is 1. The van der Waals surface area contributed by atoms with Crippen molar-refractivity contribution >= 4 is 10.8 Å². The van der Waals surface area contributed by atoms with Crippen LogP contribution in [0, 0.1) is 0 Å². The molecule has 0 fully saturated rings. The fraction of sp³-hybridized carbons (Fsp3) is 0.120. The Morgan fingerprint density at radius 1 is 0.778 bits per heavy atom. The van der Waals surface area contributed by atoms with Crippen LogP contribution in [0.1, 0.15) is 29.5 Å². The van der Waals surface area contributed by atoms with E-state index in [0.717, 1.165) is 33.2 Å². The van der Waals surface area contributed by atoms with Gasteiger partial charge in [-0.1, -0.05) is 79.7 Å². The highest BCUT2D eigenvalue weighted by atomic mass is 16.5. The number of hydrogen-bond donors (Lipinski definition) is 1. The Kier molecular flexibility index (Phi) is 4.80. The third kappa shape index (κ3) is 3.65. The smallest absolute Gasteiger partial charge is 0.120 e. The average Bonchev–Trinajstić information content (AvgIpc) is 2.73. The van der Waals surface area contributed by atoms with Crippen LogP contribution in [0.4, 0.5) is 0 Å². The first-order valence-electron chi connectivity index (χ1n) is 9.19. The zero-order chi connectivity index (χ0) is 18.6. The molecule has 0 aromatic heterocycles. The van der Waals surface area contributed by atoms with Crippen molar-refractivity contribution < 1.29 is 9.84 Å². The Balaban J connectivity index is 1.56. The topological polar surface area (TPSA) is 29.5 Å². The molecule has 0 saturated heterocycles. The second-order valence-corrected chi connectivity index (χ2v) is 6.78. The van der Waals surface area contributed by atoms with Crippen molar-refractivity contribution in [3.63, 3.8) is 0 Å². The SMILES string of the molecule is CC(c1ccc(OCc2ccccc2)cc1)c1c(O)ccc2ccccc12. The molecule has 1 unspecified atom stereocenters. The summed E-state index contributed by atoms with van der Waals surface area (Å²) in [5.74, 6) is 1.27. The monoisotopic (exact) mass is 354 g/mol. The summed E-state index contributed by atoms with van der Waals surface area (Å²) in [6.07, 6.45) is 0. The standard InChI is InChI=1S/C25H22O2/c1-18(25-23-10-6-5-9-21(23)13-16-24(25)26)20-11-14-22(15-12-20)27-17-19-7-3-2-4-8-19/h2-16,18,26H,17H2,1H3. The molecule has 4 rings (SSSR count). The van der Waals surface area contributed by atoms with Crippen molar-refractivity contribution in [3.05, 3.63) is 108 Å². The summed E-state index contributed by atoms with van der Waals surface area (Å²) in [5, 5.41) is 12.7. The Morgan fingerprint density at radius 2 is 1.48 bits per heavy atom. The highest BCUT2D eigenvalue weighted by Gasteiger charge is 2.16. The Morgan fingerprint density at radius 3 is 2.26 bits per heavy atom. The van der Waals surface area contributed by atoms with Crippen LogP contribution in [0.3, 0.4) is 0 Å². The van der Waals surface area contributed by atoms with Crippen LogP contribution in [0.25, 0.3) is 10.8 Å². The lowest BCUT2D eigenvalue weighted by Crippen LogP contribution is -1.99. The van der Waals surface area contributed by atoms with Gasteiger partial charge in [-0.2, -0.15) is 0 Å². The van der Waals surface area contributed by atoms with E-state index in [1.54, 1.807) is 6.07 Å². The summed E-state index contributed by atoms with van der Waals surface area (Å²) in [6.45, 7) is 2.68.